The lowest BCUT2D eigenvalue weighted by molar-refractivity contribution is 0.170. The highest BCUT2D eigenvalue weighted by Gasteiger charge is 2.30. The minimum Gasteiger partial charge on any atom is -0.396 e. The summed E-state index contributed by atoms with van der Waals surface area (Å²) in [6.45, 7) is 3.19. The van der Waals surface area contributed by atoms with Gasteiger partial charge in [-0.25, -0.2) is 0 Å². The van der Waals surface area contributed by atoms with Gasteiger partial charge in [-0.15, -0.1) is 0 Å². The van der Waals surface area contributed by atoms with E-state index in [4.69, 9.17) is 5.11 Å². The van der Waals surface area contributed by atoms with E-state index < -0.39 is 0 Å². The minimum atomic E-state index is -0.150. The highest BCUT2D eigenvalue weighted by molar-refractivity contribution is 4.86. The Labute approximate surface area is 98.9 Å². The number of unbranched alkanes of at least 4 members (excludes halogenated alkanes) is 2. The van der Waals surface area contributed by atoms with Crippen LogP contribution < -0.4 is 0 Å². The first kappa shape index (κ1) is 13.9. The fourth-order valence-electron chi connectivity index (χ4n) is 2.45. The van der Waals surface area contributed by atoms with Gasteiger partial charge in [0.15, 0.2) is 0 Å². The number of hydrogen-bond donors (Lipinski definition) is 2. The van der Waals surface area contributed by atoms with Crippen LogP contribution in [0.25, 0.3) is 0 Å². The fourth-order valence-corrected chi connectivity index (χ4v) is 2.45. The second-order valence-electron chi connectivity index (χ2n) is 5.08. The van der Waals surface area contributed by atoms with Crippen molar-refractivity contribution in [1.82, 2.24) is 9.80 Å². The number of likely N-dealkylation sites (tertiary alicyclic amines) is 1. The summed E-state index contributed by atoms with van der Waals surface area (Å²) in [6, 6.07) is 0.499. The van der Waals surface area contributed by atoms with Gasteiger partial charge in [0.2, 0.25) is 0 Å². The molecule has 1 aliphatic rings. The average molecular weight is 230 g/mol. The molecule has 2 N–H and O–H groups in total. The van der Waals surface area contributed by atoms with Crippen LogP contribution in [-0.4, -0.2) is 72.5 Å². The molecule has 4 nitrogen and oxygen atoms in total. The SMILES string of the molecule is CN(C)CC1CC(O)CN1CCCCCO. The quantitative estimate of drug-likeness (QED) is 0.611. The zero-order valence-corrected chi connectivity index (χ0v) is 10.6. The number of likely N-dealkylation sites (N-methyl/N-ethyl adjacent to an activating group) is 1. The van der Waals surface area contributed by atoms with Gasteiger partial charge in [-0.05, 0) is 46.3 Å². The van der Waals surface area contributed by atoms with Gasteiger partial charge < -0.3 is 15.1 Å². The molecule has 4 heteroatoms. The summed E-state index contributed by atoms with van der Waals surface area (Å²) in [5.74, 6) is 0. The summed E-state index contributed by atoms with van der Waals surface area (Å²) in [6.07, 6.45) is 3.85. The van der Waals surface area contributed by atoms with E-state index in [0.29, 0.717) is 12.6 Å². The molecule has 1 aliphatic heterocycles. The van der Waals surface area contributed by atoms with Crippen LogP contribution in [0.5, 0.6) is 0 Å². The van der Waals surface area contributed by atoms with E-state index in [9.17, 15) is 5.11 Å². The lowest BCUT2D eigenvalue weighted by atomic mass is 10.2. The monoisotopic (exact) mass is 230 g/mol. The molecule has 0 saturated carbocycles. The van der Waals surface area contributed by atoms with Crippen molar-refractivity contribution in [3.05, 3.63) is 0 Å². The third kappa shape index (κ3) is 4.78. The average Bonchev–Trinajstić information content (AvgIpc) is 2.53. The Bertz CT molecular complexity index is 188. The summed E-state index contributed by atoms with van der Waals surface area (Å²) in [5, 5.41) is 18.4. The predicted octanol–water partition coefficient (Wildman–Crippen LogP) is 0.146. The number of nitrogens with zero attached hydrogens (tertiary/aromatic N) is 2. The first-order valence-electron chi connectivity index (χ1n) is 6.31. The van der Waals surface area contributed by atoms with Crippen LogP contribution in [0.4, 0.5) is 0 Å². The summed E-state index contributed by atoms with van der Waals surface area (Å²) >= 11 is 0. The highest BCUT2D eigenvalue weighted by atomic mass is 16.3. The first-order valence-corrected chi connectivity index (χ1v) is 6.31. The molecule has 0 aromatic heterocycles. The molecule has 1 rings (SSSR count). The van der Waals surface area contributed by atoms with Crippen molar-refractivity contribution in [2.24, 2.45) is 0 Å². The van der Waals surface area contributed by atoms with Gasteiger partial charge in [-0.1, -0.05) is 0 Å². The summed E-state index contributed by atoms with van der Waals surface area (Å²) in [4.78, 5) is 4.57. The molecule has 0 amide bonds. The van der Waals surface area contributed by atoms with Crippen molar-refractivity contribution >= 4 is 0 Å². The molecule has 1 fully saturated rings. The largest absolute Gasteiger partial charge is 0.396 e. The minimum absolute atomic E-state index is 0.150. The zero-order valence-electron chi connectivity index (χ0n) is 10.6. The van der Waals surface area contributed by atoms with Crippen LogP contribution in [0, 0.1) is 0 Å². The third-order valence-electron chi connectivity index (χ3n) is 3.19. The number of aliphatic hydroxyl groups excluding tert-OH is 2. The van der Waals surface area contributed by atoms with E-state index in [1.54, 1.807) is 0 Å². The van der Waals surface area contributed by atoms with Gasteiger partial charge in [0.25, 0.3) is 0 Å². The van der Waals surface area contributed by atoms with Crippen LogP contribution in [-0.2, 0) is 0 Å². The standard InChI is InChI=1S/C12H26N2O2/c1-13(2)9-11-8-12(16)10-14(11)6-4-3-5-7-15/h11-12,15-16H,3-10H2,1-2H3. The Hall–Kier alpha value is -0.160. The van der Waals surface area contributed by atoms with Crippen LogP contribution in [0.1, 0.15) is 25.7 Å². The number of aliphatic hydroxyl groups is 2. The van der Waals surface area contributed by atoms with Crippen LogP contribution in [0.2, 0.25) is 0 Å². The van der Waals surface area contributed by atoms with E-state index in [1.807, 2.05) is 0 Å². The molecule has 0 aromatic carbocycles. The normalized spacial score (nSPS) is 26.8. The fraction of sp³-hybridized carbons (Fsp3) is 1.00. The maximum Gasteiger partial charge on any atom is 0.0682 e. The van der Waals surface area contributed by atoms with Crippen LogP contribution >= 0.6 is 0 Å². The van der Waals surface area contributed by atoms with Gasteiger partial charge in [-0.3, -0.25) is 4.90 Å². The van der Waals surface area contributed by atoms with E-state index in [-0.39, 0.29) is 6.10 Å². The van der Waals surface area contributed by atoms with E-state index in [2.05, 4.69) is 23.9 Å². The zero-order chi connectivity index (χ0) is 12.0. The first-order chi connectivity index (χ1) is 7.63. The van der Waals surface area contributed by atoms with Gasteiger partial charge >= 0.3 is 0 Å². The molecule has 1 heterocycles. The van der Waals surface area contributed by atoms with Gasteiger partial charge in [0.05, 0.1) is 6.10 Å². The smallest absolute Gasteiger partial charge is 0.0682 e. The Balaban J connectivity index is 2.26. The van der Waals surface area contributed by atoms with Gasteiger partial charge in [0, 0.05) is 25.7 Å². The van der Waals surface area contributed by atoms with E-state index in [0.717, 1.165) is 45.3 Å². The molecule has 96 valence electrons. The molecule has 0 aromatic rings. The predicted molar refractivity (Wildman–Crippen MR) is 65.5 cm³/mol. The molecular formula is C12H26N2O2. The van der Waals surface area contributed by atoms with E-state index in [1.165, 1.54) is 0 Å². The molecule has 16 heavy (non-hydrogen) atoms. The van der Waals surface area contributed by atoms with Gasteiger partial charge in [-0.2, -0.15) is 0 Å². The summed E-state index contributed by atoms with van der Waals surface area (Å²) < 4.78 is 0. The molecule has 0 bridgehead atoms. The molecule has 2 atom stereocenters. The lowest BCUT2D eigenvalue weighted by Gasteiger charge is -2.26. The third-order valence-corrected chi connectivity index (χ3v) is 3.19. The Morgan fingerprint density at radius 1 is 1.25 bits per heavy atom. The lowest BCUT2D eigenvalue weighted by Crippen LogP contribution is -2.38. The topological polar surface area (TPSA) is 46.9 Å². The molecular weight excluding hydrogens is 204 g/mol. The van der Waals surface area contributed by atoms with Crippen molar-refractivity contribution in [3.63, 3.8) is 0 Å². The Morgan fingerprint density at radius 3 is 2.62 bits per heavy atom. The number of hydrogen-bond acceptors (Lipinski definition) is 4. The van der Waals surface area contributed by atoms with Crippen molar-refractivity contribution in [2.45, 2.75) is 37.8 Å². The van der Waals surface area contributed by atoms with Crippen molar-refractivity contribution in [2.75, 3.05) is 40.3 Å². The summed E-state index contributed by atoms with van der Waals surface area (Å²) in [5.41, 5.74) is 0. The van der Waals surface area contributed by atoms with Crippen molar-refractivity contribution in [3.8, 4) is 0 Å². The van der Waals surface area contributed by atoms with Crippen LogP contribution in [0.15, 0.2) is 0 Å². The Kier molecular flexibility index (Phi) is 6.28. The molecule has 0 spiro atoms. The molecule has 2 unspecified atom stereocenters. The number of β-amino-alcohol motifs (C(OH)–C–C–N with tert-alkyl or cyclic N) is 1. The maximum atomic E-state index is 9.69. The second kappa shape index (κ2) is 7.22. The Morgan fingerprint density at radius 2 is 2.00 bits per heavy atom. The maximum absolute atomic E-state index is 9.69. The van der Waals surface area contributed by atoms with Gasteiger partial charge in [0.1, 0.15) is 0 Å². The van der Waals surface area contributed by atoms with Crippen molar-refractivity contribution < 1.29 is 10.2 Å². The number of rotatable bonds is 7. The highest BCUT2D eigenvalue weighted by Crippen LogP contribution is 2.19. The molecule has 0 aliphatic carbocycles. The molecule has 1 saturated heterocycles. The van der Waals surface area contributed by atoms with E-state index >= 15 is 0 Å². The summed E-state index contributed by atoms with van der Waals surface area (Å²) in [7, 11) is 4.16. The van der Waals surface area contributed by atoms with Crippen molar-refractivity contribution in [1.29, 1.82) is 0 Å². The van der Waals surface area contributed by atoms with Crippen LogP contribution in [0.3, 0.4) is 0 Å². The second-order valence-corrected chi connectivity index (χ2v) is 5.08. The molecule has 0 radical (unpaired) electrons.